The van der Waals surface area contributed by atoms with Crippen molar-refractivity contribution in [2.45, 2.75) is 10.7 Å². The maximum atomic E-state index is 11.1. The van der Waals surface area contributed by atoms with Crippen molar-refractivity contribution in [3.05, 3.63) is 82.2 Å². The molecule has 30 heavy (non-hydrogen) atoms. The molecule has 4 aromatic rings. The van der Waals surface area contributed by atoms with E-state index in [1.807, 2.05) is 48.5 Å². The first-order valence-corrected chi connectivity index (χ1v) is 11.9. The van der Waals surface area contributed by atoms with E-state index >= 15 is 0 Å². The van der Waals surface area contributed by atoms with Gasteiger partial charge in [0.2, 0.25) is 0 Å². The third kappa shape index (κ3) is 4.48. The Labute approximate surface area is 193 Å². The summed E-state index contributed by atoms with van der Waals surface area (Å²) in [5.41, 5.74) is 5.47. The van der Waals surface area contributed by atoms with Crippen molar-refractivity contribution in [1.29, 1.82) is 0 Å². The molecular formula is C21H14Br2N4O2S. The second-order valence-corrected chi connectivity index (χ2v) is 8.50. The highest BCUT2D eigenvalue weighted by Crippen LogP contribution is 2.36. The predicted octanol–water partition coefficient (Wildman–Crippen LogP) is 6.63. The molecule has 0 aliphatic rings. The molecule has 0 aliphatic heterocycles. The molecule has 0 N–H and O–H groups in total. The largest absolute Gasteiger partial charge is 0.324 e. The van der Waals surface area contributed by atoms with Gasteiger partial charge in [0.1, 0.15) is 0 Å². The third-order valence-electron chi connectivity index (χ3n) is 4.29. The number of hydrogen-bond acceptors (Lipinski definition) is 6. The van der Waals surface area contributed by atoms with Gasteiger partial charge in [0.15, 0.2) is 0 Å². The van der Waals surface area contributed by atoms with E-state index in [4.69, 9.17) is 4.98 Å². The molecule has 0 saturated heterocycles. The molecule has 4 aromatic heterocycles. The number of pyridine rings is 3. The zero-order valence-corrected chi connectivity index (χ0v) is 19.4. The first-order valence-electron chi connectivity index (χ1n) is 8.88. The zero-order chi connectivity index (χ0) is 21.1. The second kappa shape index (κ2) is 9.11. The van der Waals surface area contributed by atoms with Gasteiger partial charge in [0, 0.05) is 21.6 Å². The van der Waals surface area contributed by atoms with Crippen molar-refractivity contribution in [2.24, 2.45) is 0 Å². The molecule has 6 nitrogen and oxygen atoms in total. The number of hydrogen-bond donors (Lipinski definition) is 0. The number of thiophene rings is 1. The van der Waals surface area contributed by atoms with Crippen LogP contribution in [0.2, 0.25) is 0 Å². The van der Waals surface area contributed by atoms with E-state index in [1.54, 1.807) is 6.07 Å². The Bertz CT molecular complexity index is 1160. The van der Waals surface area contributed by atoms with E-state index in [-0.39, 0.29) is 9.92 Å². The van der Waals surface area contributed by atoms with Gasteiger partial charge in [-0.05, 0) is 48.0 Å². The SMILES string of the molecule is O=[N+]([O-])c1ccc(-c2cc(-c3cccc(CBr)n3)nc(-c3cccc(CBr)n3)c2)s1. The van der Waals surface area contributed by atoms with Crippen molar-refractivity contribution in [3.63, 3.8) is 0 Å². The van der Waals surface area contributed by atoms with Crippen LogP contribution in [0.5, 0.6) is 0 Å². The molecule has 150 valence electrons. The van der Waals surface area contributed by atoms with E-state index in [0.29, 0.717) is 22.0 Å². The van der Waals surface area contributed by atoms with Crippen molar-refractivity contribution in [1.82, 2.24) is 15.0 Å². The van der Waals surface area contributed by atoms with Gasteiger partial charge < -0.3 is 0 Å². The lowest BCUT2D eigenvalue weighted by Crippen LogP contribution is -1.96. The summed E-state index contributed by atoms with van der Waals surface area (Å²) in [4.78, 5) is 25.7. The summed E-state index contributed by atoms with van der Waals surface area (Å²) in [7, 11) is 0. The number of halogens is 2. The average molecular weight is 546 g/mol. The Morgan fingerprint density at radius 3 is 1.83 bits per heavy atom. The molecule has 0 spiro atoms. The number of nitro groups is 1. The molecule has 0 bridgehead atoms. The summed E-state index contributed by atoms with van der Waals surface area (Å²) >= 11 is 8.01. The Morgan fingerprint density at radius 2 is 1.37 bits per heavy atom. The van der Waals surface area contributed by atoms with Crippen LogP contribution in [0, 0.1) is 10.1 Å². The average Bonchev–Trinajstić information content (AvgIpc) is 3.30. The lowest BCUT2D eigenvalue weighted by molar-refractivity contribution is -0.380. The molecule has 4 heterocycles. The normalized spacial score (nSPS) is 10.9. The summed E-state index contributed by atoms with van der Waals surface area (Å²) in [6, 6.07) is 18.7. The molecule has 0 amide bonds. The quantitative estimate of drug-likeness (QED) is 0.154. The van der Waals surface area contributed by atoms with Crippen molar-refractivity contribution in [2.75, 3.05) is 0 Å². The fraction of sp³-hybridized carbons (Fsp3) is 0.0952. The fourth-order valence-electron chi connectivity index (χ4n) is 2.91. The van der Waals surface area contributed by atoms with E-state index in [2.05, 4.69) is 41.8 Å². The highest BCUT2D eigenvalue weighted by atomic mass is 79.9. The van der Waals surface area contributed by atoms with Gasteiger partial charge in [0.25, 0.3) is 0 Å². The minimum atomic E-state index is -0.376. The maximum Gasteiger partial charge on any atom is 0.324 e. The smallest absolute Gasteiger partial charge is 0.258 e. The first kappa shape index (κ1) is 20.8. The van der Waals surface area contributed by atoms with E-state index in [9.17, 15) is 10.1 Å². The molecule has 0 radical (unpaired) electrons. The third-order valence-corrected chi connectivity index (χ3v) is 6.53. The Hall–Kier alpha value is -2.49. The van der Waals surface area contributed by atoms with E-state index in [0.717, 1.165) is 44.6 Å². The van der Waals surface area contributed by atoms with Gasteiger partial charge in [-0.3, -0.25) is 20.1 Å². The molecule has 0 unspecified atom stereocenters. The maximum absolute atomic E-state index is 11.1. The summed E-state index contributed by atoms with van der Waals surface area (Å²) in [5, 5.41) is 12.5. The van der Waals surface area contributed by atoms with Gasteiger partial charge >= 0.3 is 5.00 Å². The Balaban J connectivity index is 1.89. The number of alkyl halides is 2. The van der Waals surface area contributed by atoms with Crippen LogP contribution < -0.4 is 0 Å². The molecule has 0 fully saturated rings. The van der Waals surface area contributed by atoms with Gasteiger partial charge in [-0.2, -0.15) is 0 Å². The van der Waals surface area contributed by atoms with E-state index in [1.165, 1.54) is 6.07 Å². The molecule has 0 atom stereocenters. The van der Waals surface area contributed by atoms with Crippen LogP contribution in [-0.2, 0) is 10.7 Å². The van der Waals surface area contributed by atoms with Crippen LogP contribution in [-0.4, -0.2) is 19.9 Å². The zero-order valence-electron chi connectivity index (χ0n) is 15.5. The minimum Gasteiger partial charge on any atom is -0.258 e. The Kier molecular flexibility index (Phi) is 6.31. The monoisotopic (exact) mass is 544 g/mol. The van der Waals surface area contributed by atoms with Crippen LogP contribution >= 0.6 is 43.2 Å². The van der Waals surface area contributed by atoms with Crippen LogP contribution in [0.4, 0.5) is 5.00 Å². The number of rotatable bonds is 6. The molecule has 9 heteroatoms. The van der Waals surface area contributed by atoms with Gasteiger partial charge in [-0.1, -0.05) is 55.3 Å². The second-order valence-electron chi connectivity index (χ2n) is 6.32. The molecular weight excluding hydrogens is 532 g/mol. The molecule has 0 saturated carbocycles. The van der Waals surface area contributed by atoms with Crippen molar-refractivity contribution in [3.8, 4) is 33.2 Å². The van der Waals surface area contributed by atoms with Crippen LogP contribution in [0.3, 0.4) is 0 Å². The van der Waals surface area contributed by atoms with Crippen molar-refractivity contribution >= 4 is 48.2 Å². The van der Waals surface area contributed by atoms with Crippen LogP contribution in [0.1, 0.15) is 11.4 Å². The molecule has 4 rings (SSSR count). The molecule has 0 aliphatic carbocycles. The first-order chi connectivity index (χ1) is 14.6. The molecule has 0 aromatic carbocycles. The summed E-state index contributed by atoms with van der Waals surface area (Å²) in [5.74, 6) is 0. The van der Waals surface area contributed by atoms with E-state index < -0.39 is 0 Å². The van der Waals surface area contributed by atoms with Crippen LogP contribution in [0.15, 0.2) is 60.7 Å². The highest BCUT2D eigenvalue weighted by molar-refractivity contribution is 9.08. The van der Waals surface area contributed by atoms with Crippen molar-refractivity contribution < 1.29 is 4.92 Å². The number of nitrogens with zero attached hydrogens (tertiary/aromatic N) is 4. The lowest BCUT2D eigenvalue weighted by atomic mass is 10.1. The summed E-state index contributed by atoms with van der Waals surface area (Å²) in [6.45, 7) is 0. The Morgan fingerprint density at radius 1 is 0.800 bits per heavy atom. The lowest BCUT2D eigenvalue weighted by Gasteiger charge is -2.09. The van der Waals surface area contributed by atoms with Gasteiger partial charge in [-0.25, -0.2) is 4.98 Å². The van der Waals surface area contributed by atoms with Gasteiger partial charge in [-0.15, -0.1) is 0 Å². The summed E-state index contributed by atoms with van der Waals surface area (Å²) in [6.07, 6.45) is 0. The summed E-state index contributed by atoms with van der Waals surface area (Å²) < 4.78 is 0. The highest BCUT2D eigenvalue weighted by Gasteiger charge is 2.15. The standard InChI is InChI=1S/C21H14Br2N4O2S/c22-11-14-3-1-5-16(24-14)18-9-13(20-7-8-21(30-20)27(28)29)10-19(26-18)17-6-2-4-15(12-23)25-17/h1-10H,11-12H2. The topological polar surface area (TPSA) is 81.8 Å². The fourth-order valence-corrected chi connectivity index (χ4v) is 4.34. The minimum absolute atomic E-state index is 0.101. The number of aromatic nitrogens is 3. The van der Waals surface area contributed by atoms with Gasteiger partial charge in [0.05, 0.1) is 39.1 Å². The van der Waals surface area contributed by atoms with Crippen LogP contribution in [0.25, 0.3) is 33.2 Å². The predicted molar refractivity (Wildman–Crippen MR) is 126 cm³/mol.